The van der Waals surface area contributed by atoms with Crippen LogP contribution in [0.25, 0.3) is 0 Å². The minimum absolute atomic E-state index is 0.139. The minimum Gasteiger partial charge on any atom is -0.382 e. The lowest BCUT2D eigenvalue weighted by Crippen LogP contribution is -2.37. The van der Waals surface area contributed by atoms with Crippen LogP contribution in [-0.4, -0.2) is 59.6 Å². The summed E-state index contributed by atoms with van der Waals surface area (Å²) in [6.45, 7) is 0.470. The van der Waals surface area contributed by atoms with Gasteiger partial charge < -0.3 is 23.7 Å². The molecule has 0 aliphatic carbocycles. The number of ether oxygens (including phenoxy) is 5. The van der Waals surface area contributed by atoms with Crippen molar-refractivity contribution in [2.75, 3.05) is 35.0 Å². The minimum atomic E-state index is -0.384. The lowest BCUT2D eigenvalue weighted by molar-refractivity contribution is -0.160. The SMILES string of the molecule is COC[C@H]1O[C@@H](OC)C(OC)C1OC. The molecule has 5 heteroatoms. The van der Waals surface area contributed by atoms with Gasteiger partial charge >= 0.3 is 0 Å². The first kappa shape index (κ1) is 11.9. The summed E-state index contributed by atoms with van der Waals surface area (Å²) in [5, 5.41) is 0. The molecular weight excluding hydrogens is 188 g/mol. The van der Waals surface area contributed by atoms with Gasteiger partial charge in [0, 0.05) is 28.4 Å². The standard InChI is InChI=1S/C9H18O5/c1-10-5-6-7(11-2)8(12-3)9(13-4)14-6/h6-9H,5H2,1-4H3/t6-,7?,8?,9-/m1/s1. The zero-order valence-corrected chi connectivity index (χ0v) is 9.06. The average molecular weight is 206 g/mol. The maximum atomic E-state index is 5.56. The maximum Gasteiger partial charge on any atom is 0.186 e. The number of rotatable bonds is 5. The van der Waals surface area contributed by atoms with Gasteiger partial charge in [0.05, 0.1) is 6.61 Å². The Balaban J connectivity index is 2.62. The molecule has 1 heterocycles. The summed E-state index contributed by atoms with van der Waals surface area (Å²) >= 11 is 0. The molecule has 0 N–H and O–H groups in total. The zero-order valence-electron chi connectivity index (χ0n) is 9.06. The molecule has 0 aromatic carbocycles. The van der Waals surface area contributed by atoms with E-state index < -0.39 is 0 Å². The summed E-state index contributed by atoms with van der Waals surface area (Å²) in [6, 6.07) is 0. The second-order valence-electron chi connectivity index (χ2n) is 3.13. The number of methoxy groups -OCH3 is 4. The van der Waals surface area contributed by atoms with Gasteiger partial charge in [-0.3, -0.25) is 0 Å². The predicted molar refractivity (Wildman–Crippen MR) is 49.1 cm³/mol. The van der Waals surface area contributed by atoms with Crippen LogP contribution in [0, 0.1) is 0 Å². The fraction of sp³-hybridized carbons (Fsp3) is 1.00. The van der Waals surface area contributed by atoms with Gasteiger partial charge in [0.15, 0.2) is 6.29 Å². The van der Waals surface area contributed by atoms with Crippen molar-refractivity contribution in [2.45, 2.75) is 24.6 Å². The van der Waals surface area contributed by atoms with E-state index in [4.69, 9.17) is 23.7 Å². The highest BCUT2D eigenvalue weighted by Gasteiger charge is 2.45. The van der Waals surface area contributed by atoms with Gasteiger partial charge in [-0.2, -0.15) is 0 Å². The maximum absolute atomic E-state index is 5.56. The van der Waals surface area contributed by atoms with E-state index in [1.165, 1.54) is 0 Å². The molecule has 1 aliphatic heterocycles. The van der Waals surface area contributed by atoms with Gasteiger partial charge in [-0.1, -0.05) is 0 Å². The normalized spacial score (nSPS) is 37.7. The van der Waals surface area contributed by atoms with Crippen molar-refractivity contribution in [2.24, 2.45) is 0 Å². The summed E-state index contributed by atoms with van der Waals surface area (Å²) in [6.07, 6.45) is -0.875. The van der Waals surface area contributed by atoms with Gasteiger partial charge in [-0.15, -0.1) is 0 Å². The summed E-state index contributed by atoms with van der Waals surface area (Å²) < 4.78 is 26.3. The van der Waals surface area contributed by atoms with Crippen molar-refractivity contribution in [3.63, 3.8) is 0 Å². The van der Waals surface area contributed by atoms with Crippen molar-refractivity contribution >= 4 is 0 Å². The van der Waals surface area contributed by atoms with Crippen LogP contribution < -0.4 is 0 Å². The van der Waals surface area contributed by atoms with Gasteiger partial charge in [0.1, 0.15) is 18.3 Å². The molecule has 1 aliphatic rings. The van der Waals surface area contributed by atoms with Crippen molar-refractivity contribution in [3.8, 4) is 0 Å². The molecule has 0 spiro atoms. The number of hydrogen-bond acceptors (Lipinski definition) is 5. The van der Waals surface area contributed by atoms with Crippen LogP contribution in [0.4, 0.5) is 0 Å². The monoisotopic (exact) mass is 206 g/mol. The third-order valence-electron chi connectivity index (χ3n) is 2.37. The van der Waals surface area contributed by atoms with Gasteiger partial charge in [-0.25, -0.2) is 0 Å². The average Bonchev–Trinajstić information content (AvgIpc) is 2.55. The predicted octanol–water partition coefficient (Wildman–Crippen LogP) is 0.0341. The van der Waals surface area contributed by atoms with E-state index in [0.717, 1.165) is 0 Å². The smallest absolute Gasteiger partial charge is 0.186 e. The van der Waals surface area contributed by atoms with E-state index in [-0.39, 0.29) is 24.6 Å². The second-order valence-corrected chi connectivity index (χ2v) is 3.13. The molecule has 0 aromatic rings. The molecule has 1 rings (SSSR count). The Bertz CT molecular complexity index is 163. The van der Waals surface area contributed by atoms with E-state index in [0.29, 0.717) is 6.61 Å². The van der Waals surface area contributed by atoms with Crippen molar-refractivity contribution in [3.05, 3.63) is 0 Å². The van der Waals surface area contributed by atoms with Crippen LogP contribution in [0.5, 0.6) is 0 Å². The van der Waals surface area contributed by atoms with E-state index in [9.17, 15) is 0 Å². The molecule has 0 saturated carbocycles. The highest BCUT2D eigenvalue weighted by atomic mass is 16.7. The highest BCUT2D eigenvalue weighted by molar-refractivity contribution is 4.88. The summed E-state index contributed by atoms with van der Waals surface area (Å²) in [4.78, 5) is 0. The van der Waals surface area contributed by atoms with Gasteiger partial charge in [0.25, 0.3) is 0 Å². The first-order chi connectivity index (χ1) is 6.78. The Morgan fingerprint density at radius 2 is 1.57 bits per heavy atom. The summed E-state index contributed by atoms with van der Waals surface area (Å²) in [7, 11) is 6.44. The zero-order chi connectivity index (χ0) is 10.6. The molecule has 14 heavy (non-hydrogen) atoms. The molecule has 0 bridgehead atoms. The molecular formula is C9H18O5. The Hall–Kier alpha value is -0.200. The Morgan fingerprint density at radius 3 is 2.00 bits per heavy atom. The topological polar surface area (TPSA) is 46.2 Å². The molecule has 84 valence electrons. The number of hydrogen-bond donors (Lipinski definition) is 0. The molecule has 4 atom stereocenters. The molecule has 0 aromatic heterocycles. The van der Waals surface area contributed by atoms with Gasteiger partial charge in [0.2, 0.25) is 0 Å². The van der Waals surface area contributed by atoms with Crippen LogP contribution in [0.2, 0.25) is 0 Å². The quantitative estimate of drug-likeness (QED) is 0.635. The Labute approximate surface area is 84.2 Å². The van der Waals surface area contributed by atoms with Crippen molar-refractivity contribution in [1.29, 1.82) is 0 Å². The van der Waals surface area contributed by atoms with E-state index in [1.807, 2.05) is 0 Å². The fourth-order valence-electron chi connectivity index (χ4n) is 1.71. The Morgan fingerprint density at radius 1 is 0.929 bits per heavy atom. The van der Waals surface area contributed by atoms with Crippen molar-refractivity contribution in [1.82, 2.24) is 0 Å². The molecule has 5 nitrogen and oxygen atoms in total. The van der Waals surface area contributed by atoms with Gasteiger partial charge in [-0.05, 0) is 0 Å². The highest BCUT2D eigenvalue weighted by Crippen LogP contribution is 2.26. The first-order valence-corrected chi connectivity index (χ1v) is 4.51. The third kappa shape index (κ3) is 2.24. The fourth-order valence-corrected chi connectivity index (χ4v) is 1.71. The van der Waals surface area contributed by atoms with Crippen LogP contribution in [0.3, 0.4) is 0 Å². The first-order valence-electron chi connectivity index (χ1n) is 4.51. The summed E-state index contributed by atoms with van der Waals surface area (Å²) in [5.74, 6) is 0. The van der Waals surface area contributed by atoms with Crippen LogP contribution in [0.15, 0.2) is 0 Å². The van der Waals surface area contributed by atoms with E-state index >= 15 is 0 Å². The molecule has 1 fully saturated rings. The van der Waals surface area contributed by atoms with Crippen LogP contribution in [-0.2, 0) is 23.7 Å². The largest absolute Gasteiger partial charge is 0.382 e. The molecule has 0 radical (unpaired) electrons. The lowest BCUT2D eigenvalue weighted by atomic mass is 10.1. The third-order valence-corrected chi connectivity index (χ3v) is 2.37. The van der Waals surface area contributed by atoms with E-state index in [2.05, 4.69) is 0 Å². The molecule has 2 unspecified atom stereocenters. The van der Waals surface area contributed by atoms with Crippen LogP contribution >= 0.6 is 0 Å². The molecule has 0 amide bonds. The Kier molecular flexibility index (Phi) is 4.77. The lowest BCUT2D eigenvalue weighted by Gasteiger charge is -2.20. The van der Waals surface area contributed by atoms with Crippen molar-refractivity contribution < 1.29 is 23.7 Å². The summed E-state index contributed by atoms with van der Waals surface area (Å²) in [5.41, 5.74) is 0. The van der Waals surface area contributed by atoms with Crippen LogP contribution in [0.1, 0.15) is 0 Å². The second kappa shape index (κ2) is 5.63. The molecule has 1 saturated heterocycles. The van der Waals surface area contributed by atoms with E-state index in [1.54, 1.807) is 28.4 Å².